The molecule has 56 valence electrons. The molecular formula is C5H8F4. The van der Waals surface area contributed by atoms with E-state index in [2.05, 4.69) is 0 Å². The largest absolute Gasteiger partial charge is 0.394 e. The number of alkyl halides is 4. The predicted molar refractivity (Wildman–Crippen MR) is 25.8 cm³/mol. The van der Waals surface area contributed by atoms with Crippen LogP contribution in [0.2, 0.25) is 0 Å². The van der Waals surface area contributed by atoms with Gasteiger partial charge in [0.2, 0.25) is 0 Å². The Morgan fingerprint density at radius 1 is 1.11 bits per heavy atom. The van der Waals surface area contributed by atoms with Crippen LogP contribution in [-0.4, -0.2) is 12.3 Å². The zero-order valence-corrected chi connectivity index (χ0v) is 5.17. The lowest BCUT2D eigenvalue weighted by Gasteiger charge is -2.15. The van der Waals surface area contributed by atoms with E-state index in [1.54, 1.807) is 0 Å². The minimum absolute atomic E-state index is 0.824. The molecule has 0 N–H and O–H groups in total. The van der Waals surface area contributed by atoms with Crippen molar-refractivity contribution >= 4 is 0 Å². The molecule has 2 atom stereocenters. The molecule has 0 fully saturated rings. The third-order valence-corrected chi connectivity index (χ3v) is 1.21. The molecule has 0 nitrogen and oxygen atoms in total. The zero-order valence-electron chi connectivity index (χ0n) is 5.17. The normalized spacial score (nSPS) is 19.3. The van der Waals surface area contributed by atoms with E-state index in [0.29, 0.717) is 0 Å². The van der Waals surface area contributed by atoms with Gasteiger partial charge in [0.25, 0.3) is 0 Å². The van der Waals surface area contributed by atoms with E-state index in [-0.39, 0.29) is 0 Å². The number of rotatable bonds is 1. The molecule has 2 unspecified atom stereocenters. The molecule has 0 bridgehead atoms. The predicted octanol–water partition coefficient (Wildman–Crippen LogP) is 2.54. The molecule has 0 spiro atoms. The Kier molecular flexibility index (Phi) is 2.46. The minimum atomic E-state index is -4.39. The lowest BCUT2D eigenvalue weighted by Crippen LogP contribution is -2.26. The van der Waals surface area contributed by atoms with Gasteiger partial charge in [-0.05, 0) is 6.92 Å². The standard InChI is InChI=1S/C5H8F4/c1-3(4(2)6)5(7,8)9/h3-4H,1-2H3. The summed E-state index contributed by atoms with van der Waals surface area (Å²) < 4.78 is 46.3. The van der Waals surface area contributed by atoms with Crippen molar-refractivity contribution in [2.45, 2.75) is 26.2 Å². The molecule has 0 aromatic heterocycles. The molecule has 0 aliphatic heterocycles. The summed E-state index contributed by atoms with van der Waals surface area (Å²) >= 11 is 0. The summed E-state index contributed by atoms with van der Waals surface area (Å²) in [5, 5.41) is 0. The Morgan fingerprint density at radius 2 is 1.44 bits per heavy atom. The molecule has 0 aromatic carbocycles. The molecule has 9 heavy (non-hydrogen) atoms. The van der Waals surface area contributed by atoms with Crippen LogP contribution in [0.5, 0.6) is 0 Å². The number of hydrogen-bond donors (Lipinski definition) is 0. The van der Waals surface area contributed by atoms with Crippen LogP contribution >= 0.6 is 0 Å². The van der Waals surface area contributed by atoms with Crippen molar-refractivity contribution in [2.24, 2.45) is 5.92 Å². The summed E-state index contributed by atoms with van der Waals surface area (Å²) in [6.45, 7) is 1.73. The molecule has 0 aliphatic carbocycles. The van der Waals surface area contributed by atoms with Crippen LogP contribution in [-0.2, 0) is 0 Å². The van der Waals surface area contributed by atoms with Gasteiger partial charge in [0.1, 0.15) is 6.17 Å². The van der Waals surface area contributed by atoms with Crippen LogP contribution < -0.4 is 0 Å². The van der Waals surface area contributed by atoms with Gasteiger partial charge >= 0.3 is 6.18 Å². The van der Waals surface area contributed by atoms with Gasteiger partial charge in [-0.1, -0.05) is 6.92 Å². The van der Waals surface area contributed by atoms with Crippen LogP contribution in [0.3, 0.4) is 0 Å². The summed E-state index contributed by atoms with van der Waals surface area (Å²) in [5.74, 6) is -1.85. The molecular weight excluding hydrogens is 136 g/mol. The van der Waals surface area contributed by atoms with Crippen molar-refractivity contribution in [1.29, 1.82) is 0 Å². The highest BCUT2D eigenvalue weighted by Crippen LogP contribution is 2.29. The maximum Gasteiger partial charge on any atom is 0.394 e. The molecule has 0 rings (SSSR count). The van der Waals surface area contributed by atoms with Gasteiger partial charge in [-0.3, -0.25) is 0 Å². The van der Waals surface area contributed by atoms with Crippen LogP contribution in [0, 0.1) is 5.92 Å². The van der Waals surface area contributed by atoms with E-state index in [4.69, 9.17) is 0 Å². The Morgan fingerprint density at radius 3 is 1.44 bits per heavy atom. The first kappa shape index (κ1) is 8.72. The lowest BCUT2D eigenvalue weighted by molar-refractivity contribution is -0.183. The van der Waals surface area contributed by atoms with Crippen molar-refractivity contribution in [3.8, 4) is 0 Å². The van der Waals surface area contributed by atoms with Crippen LogP contribution in [0.1, 0.15) is 13.8 Å². The molecule has 0 heterocycles. The van der Waals surface area contributed by atoms with Gasteiger partial charge in [0.15, 0.2) is 0 Å². The maximum atomic E-state index is 11.9. The third kappa shape index (κ3) is 2.67. The SMILES string of the molecule is CC(F)C(C)C(F)(F)F. The van der Waals surface area contributed by atoms with Gasteiger partial charge in [0, 0.05) is 0 Å². The Hall–Kier alpha value is -0.280. The molecule has 0 radical (unpaired) electrons. The van der Waals surface area contributed by atoms with Gasteiger partial charge < -0.3 is 0 Å². The van der Waals surface area contributed by atoms with Crippen molar-refractivity contribution in [3.63, 3.8) is 0 Å². The first-order valence-electron chi connectivity index (χ1n) is 2.56. The minimum Gasteiger partial charge on any atom is -0.247 e. The van der Waals surface area contributed by atoms with E-state index in [1.165, 1.54) is 0 Å². The van der Waals surface area contributed by atoms with Crippen LogP contribution in [0.25, 0.3) is 0 Å². The van der Waals surface area contributed by atoms with Crippen molar-refractivity contribution in [3.05, 3.63) is 0 Å². The summed E-state index contributed by atoms with van der Waals surface area (Å²) in [4.78, 5) is 0. The summed E-state index contributed by atoms with van der Waals surface area (Å²) in [6.07, 6.45) is -6.21. The summed E-state index contributed by atoms with van der Waals surface area (Å²) in [5.41, 5.74) is 0. The molecule has 0 aromatic rings. The average Bonchev–Trinajstić information content (AvgIpc) is 1.62. The van der Waals surface area contributed by atoms with Crippen LogP contribution in [0.4, 0.5) is 17.6 Å². The fourth-order valence-corrected chi connectivity index (χ4v) is 0.260. The van der Waals surface area contributed by atoms with Gasteiger partial charge in [-0.25, -0.2) is 4.39 Å². The van der Waals surface area contributed by atoms with Gasteiger partial charge in [-0.2, -0.15) is 13.2 Å². The first-order chi connectivity index (χ1) is 3.85. The van der Waals surface area contributed by atoms with E-state index >= 15 is 0 Å². The second kappa shape index (κ2) is 2.54. The Bertz CT molecular complexity index is 83.4. The van der Waals surface area contributed by atoms with Gasteiger partial charge in [0.05, 0.1) is 5.92 Å². The molecule has 0 amide bonds. The zero-order chi connectivity index (χ0) is 7.65. The maximum absolute atomic E-state index is 11.9. The lowest BCUT2D eigenvalue weighted by atomic mass is 10.1. The smallest absolute Gasteiger partial charge is 0.247 e. The highest BCUT2D eigenvalue weighted by Gasteiger charge is 2.39. The van der Waals surface area contributed by atoms with Crippen molar-refractivity contribution < 1.29 is 17.6 Å². The highest BCUT2D eigenvalue weighted by atomic mass is 19.4. The Labute approximate surface area is 50.9 Å². The number of halogens is 4. The first-order valence-corrected chi connectivity index (χ1v) is 2.56. The fourth-order valence-electron chi connectivity index (χ4n) is 0.260. The quantitative estimate of drug-likeness (QED) is 0.496. The van der Waals surface area contributed by atoms with Crippen molar-refractivity contribution in [2.75, 3.05) is 0 Å². The Balaban J connectivity index is 3.88. The van der Waals surface area contributed by atoms with E-state index in [1.807, 2.05) is 0 Å². The second-order valence-corrected chi connectivity index (χ2v) is 2.01. The second-order valence-electron chi connectivity index (χ2n) is 2.01. The molecule has 0 aliphatic rings. The summed E-state index contributed by atoms with van der Waals surface area (Å²) in [7, 11) is 0. The van der Waals surface area contributed by atoms with E-state index in [9.17, 15) is 17.6 Å². The molecule has 4 heteroatoms. The van der Waals surface area contributed by atoms with Crippen LogP contribution in [0.15, 0.2) is 0 Å². The van der Waals surface area contributed by atoms with E-state index < -0.39 is 18.3 Å². The fraction of sp³-hybridized carbons (Fsp3) is 1.00. The molecule has 0 saturated heterocycles. The molecule has 0 saturated carbocycles. The topological polar surface area (TPSA) is 0 Å². The highest BCUT2D eigenvalue weighted by molar-refractivity contribution is 4.66. The number of hydrogen-bond acceptors (Lipinski definition) is 0. The third-order valence-electron chi connectivity index (χ3n) is 1.21. The average molecular weight is 144 g/mol. The van der Waals surface area contributed by atoms with Crippen molar-refractivity contribution in [1.82, 2.24) is 0 Å². The van der Waals surface area contributed by atoms with Gasteiger partial charge in [-0.15, -0.1) is 0 Å². The monoisotopic (exact) mass is 144 g/mol. The summed E-state index contributed by atoms with van der Waals surface area (Å²) in [6, 6.07) is 0. The van der Waals surface area contributed by atoms with E-state index in [0.717, 1.165) is 13.8 Å².